The van der Waals surface area contributed by atoms with Gasteiger partial charge < -0.3 is 9.67 Å². The monoisotopic (exact) mass is 392 g/mol. The van der Waals surface area contributed by atoms with Crippen LogP contribution in [0.3, 0.4) is 0 Å². The van der Waals surface area contributed by atoms with Crippen molar-refractivity contribution in [1.29, 1.82) is 0 Å². The molecule has 3 heterocycles. The van der Waals surface area contributed by atoms with Crippen LogP contribution < -0.4 is 0 Å². The normalized spacial score (nSPS) is 23.1. The van der Waals surface area contributed by atoms with E-state index in [0.29, 0.717) is 0 Å². The van der Waals surface area contributed by atoms with Gasteiger partial charge in [-0.1, -0.05) is 24.3 Å². The summed E-state index contributed by atoms with van der Waals surface area (Å²) in [5.74, 6) is 3.09. The van der Waals surface area contributed by atoms with Crippen LogP contribution in [-0.2, 0) is 18.4 Å². The van der Waals surface area contributed by atoms with E-state index in [1.807, 2.05) is 36.3 Å². The van der Waals surface area contributed by atoms with E-state index in [1.54, 1.807) is 0 Å². The summed E-state index contributed by atoms with van der Waals surface area (Å²) in [6.07, 6.45) is 6.65. The first-order valence-electron chi connectivity index (χ1n) is 9.82. The predicted molar refractivity (Wildman–Crippen MR) is 111 cm³/mol. The number of aliphatic hydroxyl groups is 1. The van der Waals surface area contributed by atoms with E-state index in [2.05, 4.69) is 50.9 Å². The summed E-state index contributed by atoms with van der Waals surface area (Å²) >= 11 is 1.84. The molecule has 1 N–H and O–H groups in total. The Morgan fingerprint density at radius 2 is 1.75 bits per heavy atom. The average Bonchev–Trinajstić information content (AvgIpc) is 3.49. The molecule has 1 fully saturated rings. The topological polar surface area (TPSA) is 63.8 Å². The molecule has 2 aromatic heterocycles. The van der Waals surface area contributed by atoms with Gasteiger partial charge >= 0.3 is 0 Å². The Morgan fingerprint density at radius 1 is 1.04 bits per heavy atom. The van der Waals surface area contributed by atoms with Crippen molar-refractivity contribution in [1.82, 2.24) is 19.7 Å². The van der Waals surface area contributed by atoms with Crippen LogP contribution in [0.15, 0.2) is 48.8 Å². The first-order chi connectivity index (χ1) is 13.6. The zero-order valence-corrected chi connectivity index (χ0v) is 16.8. The zero-order chi connectivity index (χ0) is 19.2. The van der Waals surface area contributed by atoms with Crippen LogP contribution in [0.5, 0.6) is 0 Å². The van der Waals surface area contributed by atoms with Gasteiger partial charge in [-0.25, -0.2) is 0 Å². The van der Waals surface area contributed by atoms with Crippen LogP contribution in [0.25, 0.3) is 11.1 Å². The highest BCUT2D eigenvalue weighted by molar-refractivity contribution is 8.00. The molecule has 1 saturated carbocycles. The molecule has 1 unspecified atom stereocenters. The first kappa shape index (κ1) is 17.9. The maximum Gasteiger partial charge on any atom is 0.143 e. The standard InChI is InChI=1S/C22H24N4OS/c1-21(15-27)14-19-24-25-20(26(19)12-13-28-21)22(8-9-22)18-4-2-16(3-5-18)17-6-10-23-11-7-17/h2-7,10-11,27H,8-9,12-15H2,1H3. The molecule has 28 heavy (non-hydrogen) atoms. The summed E-state index contributed by atoms with van der Waals surface area (Å²) in [7, 11) is 0. The number of aliphatic hydroxyl groups excluding tert-OH is 1. The maximum atomic E-state index is 9.80. The van der Waals surface area contributed by atoms with E-state index in [0.717, 1.165) is 43.2 Å². The van der Waals surface area contributed by atoms with Crippen LogP contribution in [0.4, 0.5) is 0 Å². The number of benzene rings is 1. The summed E-state index contributed by atoms with van der Waals surface area (Å²) in [5.41, 5.74) is 3.70. The summed E-state index contributed by atoms with van der Waals surface area (Å²) in [6.45, 7) is 3.20. The SMILES string of the molecule is CC1(CO)Cc2nnc(C3(c4ccc(-c5ccncc5)cc4)CC3)n2CCS1. The lowest BCUT2D eigenvalue weighted by Crippen LogP contribution is -2.28. The van der Waals surface area contributed by atoms with Crippen molar-refractivity contribution >= 4 is 11.8 Å². The summed E-state index contributed by atoms with van der Waals surface area (Å²) in [6, 6.07) is 13.0. The van der Waals surface area contributed by atoms with Crippen LogP contribution >= 0.6 is 11.8 Å². The number of fused-ring (bicyclic) bond motifs is 1. The average molecular weight is 393 g/mol. The molecule has 1 aliphatic heterocycles. The molecule has 1 aromatic carbocycles. The lowest BCUT2D eigenvalue weighted by Gasteiger charge is -2.23. The molecule has 1 aliphatic carbocycles. The lowest BCUT2D eigenvalue weighted by atomic mass is 9.93. The molecular weight excluding hydrogens is 368 g/mol. The number of pyridine rings is 1. The lowest BCUT2D eigenvalue weighted by molar-refractivity contribution is 0.254. The highest BCUT2D eigenvalue weighted by Crippen LogP contribution is 2.53. The van der Waals surface area contributed by atoms with Crippen LogP contribution in [-0.4, -0.2) is 42.0 Å². The Labute approximate surface area is 169 Å². The third kappa shape index (κ3) is 2.95. The van der Waals surface area contributed by atoms with E-state index in [1.165, 1.54) is 16.7 Å². The third-order valence-electron chi connectivity index (χ3n) is 6.09. The molecule has 5 rings (SSSR count). The summed E-state index contributed by atoms with van der Waals surface area (Å²) in [5, 5.41) is 19.0. The number of rotatable bonds is 4. The van der Waals surface area contributed by atoms with Gasteiger partial charge in [-0.15, -0.1) is 10.2 Å². The minimum absolute atomic E-state index is 0.00730. The molecule has 0 bridgehead atoms. The highest BCUT2D eigenvalue weighted by Gasteiger charge is 2.50. The Morgan fingerprint density at radius 3 is 2.43 bits per heavy atom. The fraction of sp³-hybridized carbons (Fsp3) is 0.409. The number of hydrogen-bond donors (Lipinski definition) is 1. The minimum atomic E-state index is -0.165. The molecule has 1 atom stereocenters. The van der Waals surface area contributed by atoms with Gasteiger partial charge in [0.25, 0.3) is 0 Å². The second kappa shape index (κ2) is 6.71. The minimum Gasteiger partial charge on any atom is -0.395 e. The van der Waals surface area contributed by atoms with Gasteiger partial charge in [0.05, 0.1) is 12.0 Å². The van der Waals surface area contributed by atoms with Crippen molar-refractivity contribution in [2.45, 2.75) is 42.9 Å². The fourth-order valence-electron chi connectivity index (χ4n) is 4.22. The smallest absolute Gasteiger partial charge is 0.143 e. The van der Waals surface area contributed by atoms with E-state index >= 15 is 0 Å². The molecule has 0 saturated heterocycles. The van der Waals surface area contributed by atoms with E-state index in [-0.39, 0.29) is 16.8 Å². The molecule has 0 amide bonds. The van der Waals surface area contributed by atoms with Crippen molar-refractivity contribution in [2.75, 3.05) is 12.4 Å². The van der Waals surface area contributed by atoms with Crippen LogP contribution in [0, 0.1) is 0 Å². The van der Waals surface area contributed by atoms with Gasteiger partial charge in [0.2, 0.25) is 0 Å². The van der Waals surface area contributed by atoms with Gasteiger partial charge in [-0.3, -0.25) is 4.98 Å². The molecule has 6 heteroatoms. The van der Waals surface area contributed by atoms with Gasteiger partial charge in [0.15, 0.2) is 0 Å². The largest absolute Gasteiger partial charge is 0.395 e. The van der Waals surface area contributed by atoms with E-state index in [4.69, 9.17) is 0 Å². The number of thioether (sulfide) groups is 1. The van der Waals surface area contributed by atoms with E-state index < -0.39 is 0 Å². The number of nitrogens with zero attached hydrogens (tertiary/aromatic N) is 4. The van der Waals surface area contributed by atoms with Gasteiger partial charge in [-0.2, -0.15) is 11.8 Å². The molecular formula is C22H24N4OS. The van der Waals surface area contributed by atoms with Crippen molar-refractivity contribution in [3.05, 3.63) is 66.0 Å². The quantitative estimate of drug-likeness (QED) is 0.737. The molecule has 3 aromatic rings. The molecule has 144 valence electrons. The Hall–Kier alpha value is -2.18. The Balaban J connectivity index is 1.48. The van der Waals surface area contributed by atoms with Gasteiger partial charge in [0.1, 0.15) is 11.6 Å². The third-order valence-corrected chi connectivity index (χ3v) is 7.45. The van der Waals surface area contributed by atoms with Crippen molar-refractivity contribution in [3.63, 3.8) is 0 Å². The number of hydrogen-bond acceptors (Lipinski definition) is 5. The van der Waals surface area contributed by atoms with Crippen molar-refractivity contribution in [3.8, 4) is 11.1 Å². The van der Waals surface area contributed by atoms with Gasteiger partial charge in [0, 0.05) is 35.9 Å². The van der Waals surface area contributed by atoms with Crippen molar-refractivity contribution in [2.24, 2.45) is 0 Å². The van der Waals surface area contributed by atoms with E-state index in [9.17, 15) is 5.11 Å². The predicted octanol–water partition coefficient (Wildman–Crippen LogP) is 3.46. The first-order valence-corrected chi connectivity index (χ1v) is 10.8. The molecule has 0 spiro atoms. The Kier molecular flexibility index (Phi) is 4.29. The number of aromatic nitrogens is 4. The summed E-state index contributed by atoms with van der Waals surface area (Å²) < 4.78 is 2.15. The van der Waals surface area contributed by atoms with Gasteiger partial charge in [-0.05, 0) is 48.6 Å². The van der Waals surface area contributed by atoms with Crippen molar-refractivity contribution < 1.29 is 5.11 Å². The summed E-state index contributed by atoms with van der Waals surface area (Å²) in [4.78, 5) is 4.10. The Bertz CT molecular complexity index is 982. The second-order valence-electron chi connectivity index (χ2n) is 8.12. The molecule has 0 radical (unpaired) electrons. The molecule has 2 aliphatic rings. The second-order valence-corrected chi connectivity index (χ2v) is 9.80. The fourth-order valence-corrected chi connectivity index (χ4v) is 5.31. The van der Waals surface area contributed by atoms with Crippen LogP contribution in [0.1, 0.15) is 37.0 Å². The molecule has 5 nitrogen and oxygen atoms in total. The maximum absolute atomic E-state index is 9.80. The van der Waals surface area contributed by atoms with Crippen LogP contribution in [0.2, 0.25) is 0 Å². The zero-order valence-electron chi connectivity index (χ0n) is 16.0. The highest BCUT2D eigenvalue weighted by atomic mass is 32.2.